The zero-order valence-corrected chi connectivity index (χ0v) is 14.5. The molecule has 1 aromatic carbocycles. The molecule has 2 amide bonds. The SMILES string of the molecule is Cc1cc(C)c(NC(=O)CN(C)C(=O)C2(N)CCCC2)c(C)c1. The molecule has 5 nitrogen and oxygen atoms in total. The first-order valence-corrected chi connectivity index (χ1v) is 8.15. The highest BCUT2D eigenvalue weighted by Gasteiger charge is 2.39. The third-order valence-electron chi connectivity index (χ3n) is 4.59. The predicted molar refractivity (Wildman–Crippen MR) is 92.3 cm³/mol. The van der Waals surface area contributed by atoms with Gasteiger partial charge in [-0.15, -0.1) is 0 Å². The van der Waals surface area contributed by atoms with Crippen molar-refractivity contribution in [1.29, 1.82) is 0 Å². The van der Waals surface area contributed by atoms with E-state index in [9.17, 15) is 9.59 Å². The van der Waals surface area contributed by atoms with E-state index >= 15 is 0 Å². The Balaban J connectivity index is 2.01. The summed E-state index contributed by atoms with van der Waals surface area (Å²) in [5.41, 5.74) is 9.42. The second kappa shape index (κ2) is 6.71. The summed E-state index contributed by atoms with van der Waals surface area (Å²) in [4.78, 5) is 26.2. The minimum atomic E-state index is -0.787. The van der Waals surface area contributed by atoms with Crippen LogP contribution in [0.2, 0.25) is 0 Å². The normalized spacial score (nSPS) is 16.2. The van der Waals surface area contributed by atoms with E-state index < -0.39 is 5.54 Å². The molecule has 0 unspecified atom stereocenters. The molecule has 1 saturated carbocycles. The smallest absolute Gasteiger partial charge is 0.243 e. The molecule has 1 aliphatic rings. The van der Waals surface area contributed by atoms with Crippen molar-refractivity contribution < 1.29 is 9.59 Å². The Morgan fingerprint density at radius 3 is 2.22 bits per heavy atom. The second-order valence-electron chi connectivity index (χ2n) is 6.85. The van der Waals surface area contributed by atoms with Gasteiger partial charge < -0.3 is 16.0 Å². The van der Waals surface area contributed by atoms with Gasteiger partial charge in [-0.3, -0.25) is 9.59 Å². The Labute approximate surface area is 138 Å². The van der Waals surface area contributed by atoms with Gasteiger partial charge in [-0.2, -0.15) is 0 Å². The van der Waals surface area contributed by atoms with Crippen LogP contribution < -0.4 is 11.1 Å². The molecule has 5 heteroatoms. The quantitative estimate of drug-likeness (QED) is 0.894. The second-order valence-corrected chi connectivity index (χ2v) is 6.85. The number of hydrogen-bond acceptors (Lipinski definition) is 3. The number of hydrogen-bond donors (Lipinski definition) is 2. The molecule has 0 aliphatic heterocycles. The highest BCUT2D eigenvalue weighted by Crippen LogP contribution is 2.28. The number of nitrogens with zero attached hydrogens (tertiary/aromatic N) is 1. The van der Waals surface area contributed by atoms with Crippen LogP contribution in [0.15, 0.2) is 12.1 Å². The Morgan fingerprint density at radius 1 is 1.17 bits per heavy atom. The molecule has 1 aliphatic carbocycles. The Kier molecular flexibility index (Phi) is 5.09. The molecule has 2 rings (SSSR count). The first kappa shape index (κ1) is 17.5. The molecule has 0 aromatic heterocycles. The van der Waals surface area contributed by atoms with Gasteiger partial charge >= 0.3 is 0 Å². The third-order valence-corrected chi connectivity index (χ3v) is 4.59. The van der Waals surface area contributed by atoms with Gasteiger partial charge in [0.15, 0.2) is 0 Å². The first-order valence-electron chi connectivity index (χ1n) is 8.15. The van der Waals surface area contributed by atoms with Crippen LogP contribution in [0.4, 0.5) is 5.69 Å². The highest BCUT2D eigenvalue weighted by atomic mass is 16.2. The molecule has 0 bridgehead atoms. The van der Waals surface area contributed by atoms with Crippen molar-refractivity contribution in [3.8, 4) is 0 Å². The minimum Gasteiger partial charge on any atom is -0.335 e. The molecule has 1 fully saturated rings. The number of aryl methyl sites for hydroxylation is 3. The van der Waals surface area contributed by atoms with Crippen LogP contribution in [0, 0.1) is 20.8 Å². The summed E-state index contributed by atoms with van der Waals surface area (Å²) in [5.74, 6) is -0.333. The lowest BCUT2D eigenvalue weighted by Gasteiger charge is -2.28. The number of anilines is 1. The van der Waals surface area contributed by atoms with E-state index in [2.05, 4.69) is 5.32 Å². The summed E-state index contributed by atoms with van der Waals surface area (Å²) in [6, 6.07) is 4.07. The maximum Gasteiger partial charge on any atom is 0.243 e. The van der Waals surface area contributed by atoms with Crippen LogP contribution in [0.25, 0.3) is 0 Å². The van der Waals surface area contributed by atoms with Gasteiger partial charge in [0.1, 0.15) is 0 Å². The lowest BCUT2D eigenvalue weighted by molar-refractivity contribution is -0.138. The maximum atomic E-state index is 12.5. The van der Waals surface area contributed by atoms with Crippen LogP contribution in [0.1, 0.15) is 42.4 Å². The van der Waals surface area contributed by atoms with E-state index in [1.807, 2.05) is 32.9 Å². The number of carbonyl (C=O) groups excluding carboxylic acids is 2. The van der Waals surface area contributed by atoms with Gasteiger partial charge in [0.05, 0.1) is 12.1 Å². The van der Waals surface area contributed by atoms with Gasteiger partial charge in [0.2, 0.25) is 11.8 Å². The van der Waals surface area contributed by atoms with Gasteiger partial charge in [0.25, 0.3) is 0 Å². The zero-order chi connectivity index (χ0) is 17.2. The largest absolute Gasteiger partial charge is 0.335 e. The maximum absolute atomic E-state index is 12.5. The lowest BCUT2D eigenvalue weighted by Crippen LogP contribution is -2.53. The topological polar surface area (TPSA) is 75.4 Å². The molecule has 23 heavy (non-hydrogen) atoms. The van der Waals surface area contributed by atoms with Crippen LogP contribution in [0.5, 0.6) is 0 Å². The standard InChI is InChI=1S/C18H27N3O2/c1-12-9-13(2)16(14(3)10-12)20-15(22)11-21(4)17(23)18(19)7-5-6-8-18/h9-10H,5-8,11,19H2,1-4H3,(H,20,22). The number of nitrogens with two attached hydrogens (primary N) is 1. The fraction of sp³-hybridized carbons (Fsp3) is 0.556. The van der Waals surface area contributed by atoms with Crippen LogP contribution in [0.3, 0.4) is 0 Å². The molecule has 3 N–H and O–H groups in total. The molecular formula is C18H27N3O2. The van der Waals surface area contributed by atoms with E-state index in [4.69, 9.17) is 5.73 Å². The number of benzene rings is 1. The Morgan fingerprint density at radius 2 is 1.70 bits per heavy atom. The Bertz CT molecular complexity index is 596. The third kappa shape index (κ3) is 3.91. The number of rotatable bonds is 4. The molecule has 0 radical (unpaired) electrons. The summed E-state index contributed by atoms with van der Waals surface area (Å²) in [7, 11) is 1.64. The molecule has 126 valence electrons. The average molecular weight is 317 g/mol. The summed E-state index contributed by atoms with van der Waals surface area (Å²) in [5, 5.41) is 2.92. The summed E-state index contributed by atoms with van der Waals surface area (Å²) >= 11 is 0. The average Bonchev–Trinajstić information content (AvgIpc) is 2.90. The van der Waals surface area contributed by atoms with Crippen LogP contribution >= 0.6 is 0 Å². The molecular weight excluding hydrogens is 290 g/mol. The van der Waals surface area contributed by atoms with Crippen LogP contribution in [-0.2, 0) is 9.59 Å². The Hall–Kier alpha value is -1.88. The van der Waals surface area contributed by atoms with E-state index in [1.165, 1.54) is 4.90 Å². The number of carbonyl (C=O) groups is 2. The van der Waals surface area contributed by atoms with E-state index in [-0.39, 0.29) is 18.4 Å². The van der Waals surface area contributed by atoms with Crippen molar-refractivity contribution in [1.82, 2.24) is 4.90 Å². The van der Waals surface area contributed by atoms with Crippen molar-refractivity contribution in [3.63, 3.8) is 0 Å². The van der Waals surface area contributed by atoms with Gasteiger partial charge in [0, 0.05) is 12.7 Å². The number of amides is 2. The lowest BCUT2D eigenvalue weighted by atomic mass is 9.97. The van der Waals surface area contributed by atoms with Gasteiger partial charge in [-0.25, -0.2) is 0 Å². The van der Waals surface area contributed by atoms with Crippen molar-refractivity contribution >= 4 is 17.5 Å². The van der Waals surface area contributed by atoms with Gasteiger partial charge in [-0.05, 0) is 44.7 Å². The fourth-order valence-electron chi connectivity index (χ4n) is 3.44. The van der Waals surface area contributed by atoms with Crippen LogP contribution in [-0.4, -0.2) is 35.8 Å². The molecule has 1 aromatic rings. The molecule has 0 spiro atoms. The summed E-state index contributed by atoms with van der Waals surface area (Å²) in [6.45, 7) is 5.99. The number of nitrogens with one attached hydrogen (secondary N) is 1. The first-order chi connectivity index (χ1) is 10.7. The van der Waals surface area contributed by atoms with Crippen molar-refractivity contribution in [3.05, 3.63) is 28.8 Å². The monoisotopic (exact) mass is 317 g/mol. The molecule has 0 saturated heterocycles. The number of likely N-dealkylation sites (N-methyl/N-ethyl adjacent to an activating group) is 1. The van der Waals surface area contributed by atoms with Gasteiger partial charge in [-0.1, -0.05) is 30.5 Å². The predicted octanol–water partition coefficient (Wildman–Crippen LogP) is 2.28. The molecule has 0 heterocycles. The van der Waals surface area contributed by atoms with Crippen molar-refractivity contribution in [2.24, 2.45) is 5.73 Å². The van der Waals surface area contributed by atoms with E-state index in [0.29, 0.717) is 12.8 Å². The van der Waals surface area contributed by atoms with E-state index in [0.717, 1.165) is 35.2 Å². The highest BCUT2D eigenvalue weighted by molar-refractivity contribution is 5.97. The van der Waals surface area contributed by atoms with Crippen molar-refractivity contribution in [2.75, 3.05) is 18.9 Å². The molecule has 0 atom stereocenters. The summed E-state index contributed by atoms with van der Waals surface area (Å²) < 4.78 is 0. The fourth-order valence-corrected chi connectivity index (χ4v) is 3.44. The van der Waals surface area contributed by atoms with E-state index in [1.54, 1.807) is 7.05 Å². The van der Waals surface area contributed by atoms with Crippen molar-refractivity contribution in [2.45, 2.75) is 52.0 Å². The summed E-state index contributed by atoms with van der Waals surface area (Å²) in [6.07, 6.45) is 3.36. The zero-order valence-electron chi connectivity index (χ0n) is 14.5. The minimum absolute atomic E-state index is 0.0184.